The summed E-state index contributed by atoms with van der Waals surface area (Å²) in [6.45, 7) is 0. The number of nitrogens with zero attached hydrogens (tertiary/aromatic N) is 3. The minimum Gasteiger partial charge on any atom is -0.332 e. The van der Waals surface area contributed by atoms with Crippen LogP contribution in [0.5, 0.6) is 0 Å². The third-order valence-corrected chi connectivity index (χ3v) is 2.74. The summed E-state index contributed by atoms with van der Waals surface area (Å²) in [6, 6.07) is 10.4. The summed E-state index contributed by atoms with van der Waals surface area (Å²) in [4.78, 5) is 28.0. The molecule has 0 radical (unpaired) electrons. The average molecular weight is 268 g/mol. The molecule has 0 aliphatic heterocycles. The number of aryl methyl sites for hydroxylation is 1. The van der Waals surface area contributed by atoms with Gasteiger partial charge in [0.2, 0.25) is 11.7 Å². The molecule has 1 N–H and O–H groups in total. The molecule has 0 aliphatic carbocycles. The molecule has 2 rings (SSSR count). The Labute approximate surface area is 115 Å². The number of rotatable bonds is 4. The largest absolute Gasteiger partial charge is 0.332 e. The quantitative estimate of drug-likeness (QED) is 0.670. The van der Waals surface area contributed by atoms with E-state index < -0.39 is 17.6 Å². The first-order chi connectivity index (χ1) is 9.63. The van der Waals surface area contributed by atoms with E-state index in [9.17, 15) is 9.59 Å². The Hall–Kier alpha value is -2.94. The molecule has 6 nitrogen and oxygen atoms in total. The van der Waals surface area contributed by atoms with Crippen LogP contribution in [0.3, 0.4) is 0 Å². The fraction of sp³-hybridized carbons (Fsp3) is 0.143. The summed E-state index contributed by atoms with van der Waals surface area (Å²) in [5.74, 6) is -2.61. The highest BCUT2D eigenvalue weighted by atomic mass is 16.2. The molecular weight excluding hydrogens is 256 g/mol. The van der Waals surface area contributed by atoms with Crippen LogP contribution in [0.4, 0.5) is 5.69 Å². The first-order valence-electron chi connectivity index (χ1n) is 5.90. The van der Waals surface area contributed by atoms with Crippen LogP contribution in [0.2, 0.25) is 0 Å². The van der Waals surface area contributed by atoms with Gasteiger partial charge in [0.15, 0.2) is 11.7 Å². The Balaban J connectivity index is 2.17. The van der Waals surface area contributed by atoms with E-state index in [1.807, 2.05) is 0 Å². The molecule has 1 unspecified atom stereocenters. The molecule has 2 aromatic rings. The number of Topliss-reactive ketones (excluding diaryl/α,β-unsaturated/α-hetero) is 1. The number of carbonyl (C=O) groups excluding carboxylic acids is 2. The zero-order valence-corrected chi connectivity index (χ0v) is 10.8. The van der Waals surface area contributed by atoms with Crippen LogP contribution in [-0.2, 0) is 11.8 Å². The maximum absolute atomic E-state index is 12.1. The molecular formula is C14H12N4O2. The predicted octanol–water partition coefficient (Wildman–Crippen LogP) is 1.38. The van der Waals surface area contributed by atoms with Gasteiger partial charge in [-0.2, -0.15) is 5.26 Å². The zero-order valence-electron chi connectivity index (χ0n) is 10.8. The second-order valence-corrected chi connectivity index (χ2v) is 4.14. The summed E-state index contributed by atoms with van der Waals surface area (Å²) in [7, 11) is 1.63. The van der Waals surface area contributed by atoms with E-state index in [0.717, 1.165) is 0 Å². The molecule has 1 aromatic heterocycles. The fourth-order valence-electron chi connectivity index (χ4n) is 1.70. The number of nitriles is 1. The van der Waals surface area contributed by atoms with Gasteiger partial charge in [-0.3, -0.25) is 9.59 Å². The Bertz CT molecular complexity index is 670. The topological polar surface area (TPSA) is 87.8 Å². The van der Waals surface area contributed by atoms with E-state index in [1.54, 1.807) is 49.6 Å². The Kier molecular flexibility index (Phi) is 3.91. The lowest BCUT2D eigenvalue weighted by Crippen LogP contribution is -2.30. The summed E-state index contributed by atoms with van der Waals surface area (Å²) in [5, 5.41) is 11.6. The second kappa shape index (κ2) is 5.80. The number of benzene rings is 1. The van der Waals surface area contributed by atoms with Crippen LogP contribution >= 0.6 is 0 Å². The van der Waals surface area contributed by atoms with Gasteiger partial charge < -0.3 is 9.88 Å². The van der Waals surface area contributed by atoms with Gasteiger partial charge in [-0.25, -0.2) is 4.98 Å². The van der Waals surface area contributed by atoms with Gasteiger partial charge >= 0.3 is 0 Å². The molecule has 20 heavy (non-hydrogen) atoms. The average Bonchev–Trinajstić information content (AvgIpc) is 2.86. The van der Waals surface area contributed by atoms with Crippen molar-refractivity contribution in [2.75, 3.05) is 5.32 Å². The number of nitrogens with one attached hydrogen (secondary N) is 1. The molecule has 6 heteroatoms. The van der Waals surface area contributed by atoms with Crippen molar-refractivity contribution in [3.05, 3.63) is 48.5 Å². The van der Waals surface area contributed by atoms with Crippen molar-refractivity contribution in [1.29, 1.82) is 5.26 Å². The van der Waals surface area contributed by atoms with Crippen LogP contribution < -0.4 is 5.32 Å². The fourth-order valence-corrected chi connectivity index (χ4v) is 1.70. The molecule has 0 spiro atoms. The highest BCUT2D eigenvalue weighted by molar-refractivity contribution is 6.14. The molecule has 0 saturated heterocycles. The number of hydrogen-bond donors (Lipinski definition) is 1. The summed E-state index contributed by atoms with van der Waals surface area (Å²) < 4.78 is 1.47. The SMILES string of the molecule is Cn1ccnc1C(=O)C(C#N)C(=O)Nc1ccccc1. The van der Waals surface area contributed by atoms with E-state index in [2.05, 4.69) is 10.3 Å². The van der Waals surface area contributed by atoms with Crippen molar-refractivity contribution in [3.63, 3.8) is 0 Å². The summed E-state index contributed by atoms with van der Waals surface area (Å²) >= 11 is 0. The molecule has 1 aromatic carbocycles. The van der Waals surface area contributed by atoms with Crippen LogP contribution in [0.15, 0.2) is 42.7 Å². The van der Waals surface area contributed by atoms with Crippen LogP contribution in [0, 0.1) is 17.2 Å². The molecule has 1 atom stereocenters. The van der Waals surface area contributed by atoms with Gasteiger partial charge in [-0.05, 0) is 12.1 Å². The number of imidazole rings is 1. The maximum atomic E-state index is 12.1. The predicted molar refractivity (Wildman–Crippen MR) is 71.7 cm³/mol. The third-order valence-electron chi connectivity index (χ3n) is 2.74. The lowest BCUT2D eigenvalue weighted by molar-refractivity contribution is -0.117. The monoisotopic (exact) mass is 268 g/mol. The molecule has 0 saturated carbocycles. The summed E-state index contributed by atoms with van der Waals surface area (Å²) in [6.07, 6.45) is 3.02. The van der Waals surface area contributed by atoms with Crippen LogP contribution in [0.1, 0.15) is 10.6 Å². The first-order valence-corrected chi connectivity index (χ1v) is 5.90. The Morgan fingerprint density at radius 2 is 2.05 bits per heavy atom. The van der Waals surface area contributed by atoms with Gasteiger partial charge in [0, 0.05) is 25.1 Å². The van der Waals surface area contributed by atoms with Crippen molar-refractivity contribution < 1.29 is 9.59 Å². The standard InChI is InChI=1S/C14H12N4O2/c1-18-8-7-16-13(18)12(19)11(9-15)14(20)17-10-5-3-2-4-6-10/h2-8,11H,1H3,(H,17,20). The van der Waals surface area contributed by atoms with E-state index in [4.69, 9.17) is 5.26 Å². The van der Waals surface area contributed by atoms with Gasteiger partial charge in [-0.1, -0.05) is 18.2 Å². The smallest absolute Gasteiger partial charge is 0.249 e. The molecule has 0 aliphatic rings. The van der Waals surface area contributed by atoms with E-state index in [0.29, 0.717) is 5.69 Å². The molecule has 1 amide bonds. The van der Waals surface area contributed by atoms with Crippen molar-refractivity contribution in [1.82, 2.24) is 9.55 Å². The van der Waals surface area contributed by atoms with E-state index in [1.165, 1.54) is 10.8 Å². The second-order valence-electron chi connectivity index (χ2n) is 4.14. The number of ketones is 1. The van der Waals surface area contributed by atoms with Gasteiger partial charge in [0.25, 0.3) is 0 Å². The minimum absolute atomic E-state index is 0.0831. The minimum atomic E-state index is -1.42. The number of hydrogen-bond acceptors (Lipinski definition) is 4. The van der Waals surface area contributed by atoms with Crippen LogP contribution in [0.25, 0.3) is 0 Å². The van der Waals surface area contributed by atoms with Gasteiger partial charge in [-0.15, -0.1) is 0 Å². The third kappa shape index (κ3) is 2.72. The molecule has 100 valence electrons. The zero-order chi connectivity index (χ0) is 14.5. The highest BCUT2D eigenvalue weighted by Crippen LogP contribution is 2.11. The normalized spacial score (nSPS) is 11.4. The highest BCUT2D eigenvalue weighted by Gasteiger charge is 2.30. The van der Waals surface area contributed by atoms with Crippen molar-refractivity contribution >= 4 is 17.4 Å². The number of anilines is 1. The Morgan fingerprint density at radius 3 is 2.60 bits per heavy atom. The number of aromatic nitrogens is 2. The van der Waals surface area contributed by atoms with Crippen molar-refractivity contribution in [2.45, 2.75) is 0 Å². The number of carbonyl (C=O) groups is 2. The number of amides is 1. The van der Waals surface area contributed by atoms with E-state index >= 15 is 0 Å². The van der Waals surface area contributed by atoms with Crippen molar-refractivity contribution in [2.24, 2.45) is 13.0 Å². The van der Waals surface area contributed by atoms with Crippen molar-refractivity contribution in [3.8, 4) is 6.07 Å². The lowest BCUT2D eigenvalue weighted by Gasteiger charge is -2.09. The molecule has 0 bridgehead atoms. The molecule has 1 heterocycles. The van der Waals surface area contributed by atoms with Crippen LogP contribution in [-0.4, -0.2) is 21.2 Å². The van der Waals surface area contributed by atoms with E-state index in [-0.39, 0.29) is 5.82 Å². The maximum Gasteiger partial charge on any atom is 0.249 e. The first kappa shape index (κ1) is 13.5. The lowest BCUT2D eigenvalue weighted by atomic mass is 10.0. The van der Waals surface area contributed by atoms with Gasteiger partial charge in [0.1, 0.15) is 0 Å². The van der Waals surface area contributed by atoms with Gasteiger partial charge in [0.05, 0.1) is 6.07 Å². The Morgan fingerprint density at radius 1 is 1.35 bits per heavy atom. The summed E-state index contributed by atoms with van der Waals surface area (Å²) in [5.41, 5.74) is 0.533. The number of para-hydroxylation sites is 1. The molecule has 0 fully saturated rings.